The predicted molar refractivity (Wildman–Crippen MR) is 91.6 cm³/mol. The van der Waals surface area contributed by atoms with Gasteiger partial charge in [-0.2, -0.15) is 0 Å². The van der Waals surface area contributed by atoms with E-state index < -0.39 is 0 Å². The van der Waals surface area contributed by atoms with Gasteiger partial charge in [0.25, 0.3) is 5.91 Å². The van der Waals surface area contributed by atoms with Crippen LogP contribution in [-0.4, -0.2) is 46.7 Å². The molecule has 2 unspecified atom stereocenters. The molecule has 0 radical (unpaired) electrons. The van der Waals surface area contributed by atoms with E-state index in [1.165, 1.54) is 0 Å². The van der Waals surface area contributed by atoms with Crippen LogP contribution in [0.15, 0.2) is 36.7 Å². The second-order valence-corrected chi connectivity index (χ2v) is 6.92. The van der Waals surface area contributed by atoms with E-state index in [1.54, 1.807) is 13.3 Å². The first-order valence-electron chi connectivity index (χ1n) is 8.58. The molecule has 1 saturated heterocycles. The lowest BCUT2D eigenvalue weighted by Crippen LogP contribution is -2.48. The Morgan fingerprint density at radius 1 is 1.21 bits per heavy atom. The number of benzene rings is 1. The summed E-state index contributed by atoms with van der Waals surface area (Å²) in [6.45, 7) is 1.59. The van der Waals surface area contributed by atoms with Crippen molar-refractivity contribution in [3.63, 3.8) is 0 Å². The van der Waals surface area contributed by atoms with Crippen LogP contribution in [0.5, 0.6) is 0 Å². The van der Waals surface area contributed by atoms with E-state index in [4.69, 9.17) is 4.74 Å². The maximum atomic E-state index is 13.2. The maximum Gasteiger partial charge on any atom is 0.254 e. The number of aromatic nitrogens is 2. The largest absolute Gasteiger partial charge is 0.381 e. The van der Waals surface area contributed by atoms with Crippen molar-refractivity contribution >= 4 is 5.91 Å². The van der Waals surface area contributed by atoms with Crippen LogP contribution >= 0.6 is 0 Å². The van der Waals surface area contributed by atoms with Crippen molar-refractivity contribution in [3.05, 3.63) is 42.2 Å². The van der Waals surface area contributed by atoms with Crippen LogP contribution in [-0.2, 0) is 11.8 Å². The van der Waals surface area contributed by atoms with Crippen LogP contribution in [0, 0.1) is 11.8 Å². The predicted octanol–water partition coefficient (Wildman–Crippen LogP) is 2.58. The van der Waals surface area contributed by atoms with Crippen molar-refractivity contribution < 1.29 is 9.53 Å². The molecule has 2 bridgehead atoms. The number of nitrogens with zero attached hydrogens (tertiary/aromatic N) is 3. The third-order valence-electron chi connectivity index (χ3n) is 5.53. The molecular weight excluding hydrogens is 302 g/mol. The van der Waals surface area contributed by atoms with Gasteiger partial charge in [0.1, 0.15) is 5.82 Å². The Morgan fingerprint density at radius 2 is 1.92 bits per heavy atom. The number of carbonyl (C=O) groups is 1. The van der Waals surface area contributed by atoms with E-state index in [0.29, 0.717) is 17.9 Å². The minimum Gasteiger partial charge on any atom is -0.381 e. The van der Waals surface area contributed by atoms with Gasteiger partial charge in [0.2, 0.25) is 0 Å². The third-order valence-corrected chi connectivity index (χ3v) is 5.53. The lowest BCUT2D eigenvalue weighted by Gasteiger charge is -2.37. The van der Waals surface area contributed by atoms with Crippen LogP contribution in [0.25, 0.3) is 11.4 Å². The molecule has 1 saturated carbocycles. The van der Waals surface area contributed by atoms with Crippen molar-refractivity contribution in [2.45, 2.75) is 18.9 Å². The molecule has 2 atom stereocenters. The summed E-state index contributed by atoms with van der Waals surface area (Å²) in [5.41, 5.74) is 1.64. The molecule has 126 valence electrons. The van der Waals surface area contributed by atoms with Crippen molar-refractivity contribution in [3.8, 4) is 11.4 Å². The van der Waals surface area contributed by atoms with Gasteiger partial charge < -0.3 is 14.2 Å². The maximum absolute atomic E-state index is 13.2. The number of hydrogen-bond donors (Lipinski definition) is 0. The summed E-state index contributed by atoms with van der Waals surface area (Å²) in [7, 11) is 3.75. The van der Waals surface area contributed by atoms with E-state index in [1.807, 2.05) is 47.0 Å². The Morgan fingerprint density at radius 3 is 2.54 bits per heavy atom. The Labute approximate surface area is 142 Å². The molecule has 5 heteroatoms. The van der Waals surface area contributed by atoms with Gasteiger partial charge in [-0.05, 0) is 18.9 Å². The van der Waals surface area contributed by atoms with Crippen LogP contribution in [0.4, 0.5) is 0 Å². The zero-order valence-electron chi connectivity index (χ0n) is 14.2. The van der Waals surface area contributed by atoms with Gasteiger partial charge >= 0.3 is 0 Å². The standard InChI is InChI=1S/C19H23N3O2/c1-21-10-9-20-18(21)15-5-3-4-6-16(15)19(23)22-11-13-7-8-14(12-22)17(13)24-2/h3-6,9-10,13-14,17H,7-8,11-12H2,1-2H3. The molecule has 2 heterocycles. The number of piperidine rings is 1. The van der Waals surface area contributed by atoms with Crippen LogP contribution in [0.3, 0.4) is 0 Å². The Bertz CT molecular complexity index is 741. The number of aryl methyl sites for hydroxylation is 1. The molecule has 5 nitrogen and oxygen atoms in total. The summed E-state index contributed by atoms with van der Waals surface area (Å²) in [5.74, 6) is 1.88. The molecule has 2 fully saturated rings. The van der Waals surface area contributed by atoms with Crippen molar-refractivity contribution in [1.29, 1.82) is 0 Å². The van der Waals surface area contributed by atoms with E-state index in [0.717, 1.165) is 42.9 Å². The van der Waals surface area contributed by atoms with Crippen molar-refractivity contribution in [1.82, 2.24) is 14.5 Å². The summed E-state index contributed by atoms with van der Waals surface area (Å²) < 4.78 is 7.61. The molecule has 0 spiro atoms. The minimum atomic E-state index is 0.111. The fourth-order valence-corrected chi connectivity index (χ4v) is 4.38. The number of imidazole rings is 1. The van der Waals surface area contributed by atoms with E-state index in [-0.39, 0.29) is 5.91 Å². The lowest BCUT2D eigenvalue weighted by atomic mass is 9.93. The molecule has 1 aromatic heterocycles. The zero-order valence-corrected chi connectivity index (χ0v) is 14.2. The summed E-state index contributed by atoms with van der Waals surface area (Å²) in [5, 5.41) is 0. The number of hydrogen-bond acceptors (Lipinski definition) is 3. The highest BCUT2D eigenvalue weighted by molar-refractivity contribution is 6.00. The summed E-state index contributed by atoms with van der Waals surface area (Å²) >= 11 is 0. The first kappa shape index (κ1) is 15.4. The van der Waals surface area contributed by atoms with Crippen LogP contribution in [0.1, 0.15) is 23.2 Å². The molecule has 1 amide bonds. The van der Waals surface area contributed by atoms with E-state index in [9.17, 15) is 4.79 Å². The number of likely N-dealkylation sites (tertiary alicyclic amines) is 1. The Balaban J connectivity index is 1.64. The number of amides is 1. The molecule has 24 heavy (non-hydrogen) atoms. The average Bonchev–Trinajstić information content (AvgIpc) is 3.13. The second-order valence-electron chi connectivity index (χ2n) is 6.92. The van der Waals surface area contributed by atoms with Gasteiger partial charge in [-0.25, -0.2) is 4.98 Å². The van der Waals surface area contributed by atoms with Gasteiger partial charge in [-0.1, -0.05) is 18.2 Å². The van der Waals surface area contributed by atoms with Gasteiger partial charge in [0.15, 0.2) is 0 Å². The highest BCUT2D eigenvalue weighted by atomic mass is 16.5. The highest BCUT2D eigenvalue weighted by Gasteiger charge is 2.43. The molecule has 2 aliphatic rings. The number of fused-ring (bicyclic) bond motifs is 2. The molecule has 4 rings (SSSR count). The molecule has 1 aliphatic heterocycles. The number of ether oxygens (including phenoxy) is 1. The molecule has 0 N–H and O–H groups in total. The van der Waals surface area contributed by atoms with Crippen LogP contribution < -0.4 is 0 Å². The van der Waals surface area contributed by atoms with E-state index in [2.05, 4.69) is 4.98 Å². The fraction of sp³-hybridized carbons (Fsp3) is 0.474. The monoisotopic (exact) mass is 325 g/mol. The summed E-state index contributed by atoms with van der Waals surface area (Å²) in [6.07, 6.45) is 6.31. The number of methoxy groups -OCH3 is 1. The number of carbonyl (C=O) groups excluding carboxylic acids is 1. The first-order valence-corrected chi connectivity index (χ1v) is 8.58. The molecule has 2 aromatic rings. The minimum absolute atomic E-state index is 0.111. The highest BCUT2D eigenvalue weighted by Crippen LogP contribution is 2.39. The van der Waals surface area contributed by atoms with Gasteiger partial charge in [-0.3, -0.25) is 4.79 Å². The summed E-state index contributed by atoms with van der Waals surface area (Å²) in [6, 6.07) is 7.78. The smallest absolute Gasteiger partial charge is 0.254 e. The fourth-order valence-electron chi connectivity index (χ4n) is 4.38. The van der Waals surface area contributed by atoms with Crippen LogP contribution in [0.2, 0.25) is 0 Å². The topological polar surface area (TPSA) is 47.4 Å². The second kappa shape index (κ2) is 6.06. The molecular formula is C19H23N3O2. The Hall–Kier alpha value is -2.14. The molecule has 1 aliphatic carbocycles. The van der Waals surface area contributed by atoms with Gasteiger partial charge in [0.05, 0.1) is 11.7 Å². The molecule has 1 aromatic carbocycles. The van der Waals surface area contributed by atoms with E-state index >= 15 is 0 Å². The number of rotatable bonds is 3. The average molecular weight is 325 g/mol. The zero-order chi connectivity index (χ0) is 16.7. The first-order chi connectivity index (χ1) is 11.7. The summed E-state index contributed by atoms with van der Waals surface area (Å²) in [4.78, 5) is 19.6. The normalized spacial score (nSPS) is 25.9. The van der Waals surface area contributed by atoms with Crippen molar-refractivity contribution in [2.75, 3.05) is 20.2 Å². The lowest BCUT2D eigenvalue weighted by molar-refractivity contribution is -0.0113. The van der Waals surface area contributed by atoms with Gasteiger partial charge in [-0.15, -0.1) is 0 Å². The van der Waals surface area contributed by atoms with Crippen molar-refractivity contribution in [2.24, 2.45) is 18.9 Å². The third kappa shape index (κ3) is 2.44. The quantitative estimate of drug-likeness (QED) is 0.871. The Kier molecular flexibility index (Phi) is 3.88. The van der Waals surface area contributed by atoms with Gasteiger partial charge in [0, 0.05) is 57.0 Å². The SMILES string of the molecule is COC1C2CCC1CN(C(=O)c1ccccc1-c1nccn1C)C2.